The van der Waals surface area contributed by atoms with Crippen molar-refractivity contribution in [1.82, 2.24) is 24.6 Å². The quantitative estimate of drug-likeness (QED) is 0.506. The number of carbonyl (C=O) groups excluding carboxylic acids is 1. The van der Waals surface area contributed by atoms with Crippen molar-refractivity contribution in [2.24, 2.45) is 7.05 Å². The van der Waals surface area contributed by atoms with E-state index in [1.165, 1.54) is 0 Å². The Labute approximate surface area is 185 Å². The number of nitrogens with zero attached hydrogens (tertiary/aromatic N) is 4. The third-order valence-corrected chi connectivity index (χ3v) is 5.84. The van der Waals surface area contributed by atoms with Crippen molar-refractivity contribution >= 4 is 16.9 Å². The Morgan fingerprint density at radius 1 is 1.25 bits per heavy atom. The highest BCUT2D eigenvalue weighted by atomic mass is 16.5. The normalized spacial score (nSPS) is 18.7. The number of aryl methyl sites for hydroxylation is 1. The van der Waals surface area contributed by atoms with E-state index in [0.29, 0.717) is 30.7 Å². The van der Waals surface area contributed by atoms with E-state index in [1.54, 1.807) is 10.9 Å². The van der Waals surface area contributed by atoms with Gasteiger partial charge in [-0.05, 0) is 30.2 Å². The number of hydrogen-bond donors (Lipinski definition) is 2. The zero-order valence-electron chi connectivity index (χ0n) is 17.8. The first-order valence-electron chi connectivity index (χ1n) is 10.7. The molecule has 0 unspecified atom stereocenters. The summed E-state index contributed by atoms with van der Waals surface area (Å²) >= 11 is 0. The maximum atomic E-state index is 13.0. The van der Waals surface area contributed by atoms with Crippen LogP contribution in [-0.4, -0.2) is 55.7 Å². The molecule has 4 heterocycles. The summed E-state index contributed by atoms with van der Waals surface area (Å²) in [6.45, 7) is 1.37. The summed E-state index contributed by atoms with van der Waals surface area (Å²) in [6.07, 6.45) is 5.33. The number of hydrogen-bond acceptors (Lipinski definition) is 5. The van der Waals surface area contributed by atoms with E-state index in [-0.39, 0.29) is 18.6 Å². The van der Waals surface area contributed by atoms with E-state index in [2.05, 4.69) is 39.7 Å². The third-order valence-electron chi connectivity index (χ3n) is 5.84. The first-order valence-corrected chi connectivity index (χ1v) is 10.7. The molecule has 32 heavy (non-hydrogen) atoms. The number of nitrogens with one attached hydrogen (secondary N) is 1. The van der Waals surface area contributed by atoms with Crippen LogP contribution in [0.1, 0.15) is 22.3 Å². The van der Waals surface area contributed by atoms with Crippen LogP contribution < -0.4 is 5.32 Å². The first-order chi connectivity index (χ1) is 15.6. The highest BCUT2D eigenvalue weighted by Crippen LogP contribution is 2.23. The molecule has 0 radical (unpaired) electrons. The van der Waals surface area contributed by atoms with E-state index in [1.807, 2.05) is 42.2 Å². The van der Waals surface area contributed by atoms with Gasteiger partial charge in [0.1, 0.15) is 5.52 Å². The molecular formula is C24H25N5O3. The minimum Gasteiger partial charge on any atom is -0.389 e. The zero-order chi connectivity index (χ0) is 22.1. The molecule has 2 N–H and O–H groups in total. The number of amides is 1. The number of aromatic nitrogens is 4. The molecule has 1 aliphatic heterocycles. The van der Waals surface area contributed by atoms with Gasteiger partial charge < -0.3 is 19.7 Å². The molecule has 164 valence electrons. The van der Waals surface area contributed by atoms with Crippen LogP contribution in [0.15, 0.2) is 61.1 Å². The molecular weight excluding hydrogens is 406 g/mol. The molecule has 8 nitrogen and oxygen atoms in total. The van der Waals surface area contributed by atoms with Crippen LogP contribution in [-0.2, 0) is 18.3 Å². The predicted molar refractivity (Wildman–Crippen MR) is 120 cm³/mol. The smallest absolute Gasteiger partial charge is 0.255 e. The minimum atomic E-state index is -0.702. The molecule has 8 heteroatoms. The number of aliphatic hydroxyl groups is 1. The summed E-state index contributed by atoms with van der Waals surface area (Å²) in [5.41, 5.74) is 5.14. The summed E-state index contributed by atoms with van der Waals surface area (Å²) < 4.78 is 9.08. The van der Waals surface area contributed by atoms with Crippen molar-refractivity contribution in [3.05, 3.63) is 72.2 Å². The number of benzene rings is 1. The Morgan fingerprint density at radius 3 is 2.84 bits per heavy atom. The molecule has 0 spiro atoms. The summed E-state index contributed by atoms with van der Waals surface area (Å²) in [7, 11) is 1.90. The van der Waals surface area contributed by atoms with Gasteiger partial charge in [-0.1, -0.05) is 24.3 Å². The Morgan fingerprint density at radius 2 is 2.09 bits per heavy atom. The molecule has 0 aliphatic carbocycles. The van der Waals surface area contributed by atoms with Crippen molar-refractivity contribution in [2.45, 2.75) is 25.1 Å². The van der Waals surface area contributed by atoms with E-state index in [4.69, 9.17) is 4.74 Å². The third kappa shape index (κ3) is 4.02. The maximum Gasteiger partial charge on any atom is 0.255 e. The van der Waals surface area contributed by atoms with Gasteiger partial charge in [0.25, 0.3) is 5.91 Å². The lowest BCUT2D eigenvalue weighted by molar-refractivity contribution is -0.0260. The van der Waals surface area contributed by atoms with Gasteiger partial charge in [-0.25, -0.2) is 0 Å². The molecule has 5 rings (SSSR count). The van der Waals surface area contributed by atoms with Crippen LogP contribution in [0.4, 0.5) is 0 Å². The average molecular weight is 431 g/mol. The second kappa shape index (κ2) is 8.57. The van der Waals surface area contributed by atoms with Crippen molar-refractivity contribution in [3.63, 3.8) is 0 Å². The van der Waals surface area contributed by atoms with Crippen molar-refractivity contribution in [2.75, 3.05) is 13.2 Å². The van der Waals surface area contributed by atoms with Gasteiger partial charge in [0.15, 0.2) is 0 Å². The topological polar surface area (TPSA) is 94.2 Å². The first kappa shape index (κ1) is 20.4. The highest BCUT2D eigenvalue weighted by Gasteiger charge is 2.27. The Kier molecular flexibility index (Phi) is 5.46. The van der Waals surface area contributed by atoms with Crippen LogP contribution in [0.25, 0.3) is 22.3 Å². The molecule has 2 atom stereocenters. The van der Waals surface area contributed by atoms with Gasteiger partial charge in [-0.3, -0.25) is 14.5 Å². The van der Waals surface area contributed by atoms with Crippen LogP contribution in [0.5, 0.6) is 0 Å². The fourth-order valence-corrected chi connectivity index (χ4v) is 4.10. The van der Waals surface area contributed by atoms with E-state index < -0.39 is 6.10 Å². The molecule has 1 amide bonds. The molecule has 1 aromatic carbocycles. The molecule has 3 aromatic heterocycles. The molecule has 4 aromatic rings. The largest absolute Gasteiger partial charge is 0.389 e. The van der Waals surface area contributed by atoms with E-state index in [0.717, 1.165) is 22.3 Å². The number of fused-ring (bicyclic) bond motifs is 1. The SMILES string of the molecule is Cn1ccc(-c2ccc(Cn3cc(C(=O)N[C@@H]4CCOC[C@H]4O)c4ncccc43)cc2)n1. The second-order valence-electron chi connectivity index (χ2n) is 8.12. The van der Waals surface area contributed by atoms with Gasteiger partial charge in [-0.15, -0.1) is 0 Å². The lowest BCUT2D eigenvalue weighted by atomic mass is 10.1. The van der Waals surface area contributed by atoms with E-state index in [9.17, 15) is 9.90 Å². The summed E-state index contributed by atoms with van der Waals surface area (Å²) in [5, 5.41) is 17.5. The van der Waals surface area contributed by atoms with Crippen LogP contribution in [0, 0.1) is 0 Å². The zero-order valence-corrected chi connectivity index (χ0v) is 17.8. The molecule has 1 aliphatic rings. The number of aliphatic hydroxyl groups excluding tert-OH is 1. The number of ether oxygens (including phenoxy) is 1. The van der Waals surface area contributed by atoms with Gasteiger partial charge in [0.05, 0.1) is 35.5 Å². The van der Waals surface area contributed by atoms with Crippen molar-refractivity contribution in [1.29, 1.82) is 0 Å². The number of carbonyl (C=O) groups is 1. The van der Waals surface area contributed by atoms with Gasteiger partial charge in [0, 0.05) is 44.4 Å². The summed E-state index contributed by atoms with van der Waals surface area (Å²) in [4.78, 5) is 17.5. The lowest BCUT2D eigenvalue weighted by Crippen LogP contribution is -2.48. The standard InChI is InChI=1S/C24H25N5O3/c1-28-11-8-19(27-28)17-6-4-16(5-7-17)13-29-14-18(23-21(29)3-2-10-25-23)24(31)26-20-9-12-32-15-22(20)30/h2-8,10-11,14,20,22,30H,9,12-13,15H2,1H3,(H,26,31)/t20-,22-/m1/s1. The van der Waals surface area contributed by atoms with Gasteiger partial charge >= 0.3 is 0 Å². The fraction of sp³-hybridized carbons (Fsp3) is 0.292. The Hall–Kier alpha value is -3.49. The molecule has 0 saturated carbocycles. The molecule has 1 fully saturated rings. The average Bonchev–Trinajstić information content (AvgIpc) is 3.40. The van der Waals surface area contributed by atoms with Crippen LogP contribution >= 0.6 is 0 Å². The molecule has 1 saturated heterocycles. The maximum absolute atomic E-state index is 13.0. The van der Waals surface area contributed by atoms with Crippen LogP contribution in [0.2, 0.25) is 0 Å². The summed E-state index contributed by atoms with van der Waals surface area (Å²) in [5.74, 6) is -0.233. The van der Waals surface area contributed by atoms with Gasteiger partial charge in [-0.2, -0.15) is 5.10 Å². The van der Waals surface area contributed by atoms with E-state index >= 15 is 0 Å². The Bertz CT molecular complexity index is 1240. The monoisotopic (exact) mass is 431 g/mol. The highest BCUT2D eigenvalue weighted by molar-refractivity contribution is 6.05. The fourth-order valence-electron chi connectivity index (χ4n) is 4.10. The summed E-state index contributed by atoms with van der Waals surface area (Å²) in [6, 6.07) is 13.8. The van der Waals surface area contributed by atoms with Crippen molar-refractivity contribution in [3.8, 4) is 11.3 Å². The Balaban J connectivity index is 1.39. The minimum absolute atomic E-state index is 0.233. The number of rotatable bonds is 5. The second-order valence-corrected chi connectivity index (χ2v) is 8.12. The number of pyridine rings is 1. The molecule has 0 bridgehead atoms. The van der Waals surface area contributed by atoms with Gasteiger partial charge in [0.2, 0.25) is 0 Å². The van der Waals surface area contributed by atoms with Crippen LogP contribution in [0.3, 0.4) is 0 Å². The predicted octanol–water partition coefficient (Wildman–Crippen LogP) is 2.36. The van der Waals surface area contributed by atoms with Crippen molar-refractivity contribution < 1.29 is 14.6 Å². The lowest BCUT2D eigenvalue weighted by Gasteiger charge is -2.28.